The van der Waals surface area contributed by atoms with Gasteiger partial charge in [0.15, 0.2) is 5.01 Å². The molecule has 1 aromatic rings. The van der Waals surface area contributed by atoms with Crippen LogP contribution in [0.1, 0.15) is 42.2 Å². The van der Waals surface area contributed by atoms with Crippen molar-refractivity contribution in [3.8, 4) is 0 Å². The number of rotatable bonds is 8. The Morgan fingerprint density at radius 2 is 2.26 bits per heavy atom. The fourth-order valence-corrected chi connectivity index (χ4v) is 2.79. The molecule has 6 nitrogen and oxygen atoms in total. The Morgan fingerprint density at radius 3 is 2.79 bits per heavy atom. The van der Waals surface area contributed by atoms with Crippen LogP contribution in [0.3, 0.4) is 0 Å². The second-order valence-electron chi connectivity index (χ2n) is 4.28. The van der Waals surface area contributed by atoms with E-state index in [1.807, 2.05) is 5.38 Å². The molecule has 1 aromatic heterocycles. The summed E-state index contributed by atoms with van der Waals surface area (Å²) in [4.78, 5) is 17.8. The van der Waals surface area contributed by atoms with E-state index in [0.717, 1.165) is 18.5 Å². The molecule has 0 fully saturated rings. The molecular formula is C12H22N4O2S. The Kier molecular flexibility index (Phi) is 6.93. The highest BCUT2D eigenvalue weighted by Crippen LogP contribution is 2.15. The number of nitrogens with two attached hydrogens (primary N) is 1. The van der Waals surface area contributed by atoms with Crippen LogP contribution in [-0.2, 0) is 6.54 Å². The minimum absolute atomic E-state index is 0.122. The molecule has 0 unspecified atom stereocenters. The summed E-state index contributed by atoms with van der Waals surface area (Å²) in [6.07, 6.45) is 2.05. The fraction of sp³-hybridized carbons (Fsp3) is 0.667. The van der Waals surface area contributed by atoms with Gasteiger partial charge in [-0.2, -0.15) is 0 Å². The van der Waals surface area contributed by atoms with E-state index < -0.39 is 0 Å². The largest absolute Gasteiger partial charge is 0.395 e. The van der Waals surface area contributed by atoms with E-state index in [4.69, 9.17) is 10.9 Å². The number of aromatic nitrogens is 1. The van der Waals surface area contributed by atoms with Crippen molar-refractivity contribution in [1.29, 1.82) is 0 Å². The van der Waals surface area contributed by atoms with Gasteiger partial charge in [-0.1, -0.05) is 13.8 Å². The lowest BCUT2D eigenvalue weighted by molar-refractivity contribution is 0.0952. The van der Waals surface area contributed by atoms with E-state index in [2.05, 4.69) is 29.2 Å². The predicted molar refractivity (Wildman–Crippen MR) is 75.6 cm³/mol. The number of carbonyl (C=O) groups excluding carboxylic acids is 1. The van der Waals surface area contributed by atoms with Crippen molar-refractivity contribution in [2.45, 2.75) is 39.3 Å². The molecule has 0 atom stereocenters. The summed E-state index contributed by atoms with van der Waals surface area (Å²) < 4.78 is 0. The highest BCUT2D eigenvalue weighted by atomic mass is 32.1. The van der Waals surface area contributed by atoms with E-state index >= 15 is 0 Å². The van der Waals surface area contributed by atoms with Crippen LogP contribution in [0.15, 0.2) is 5.38 Å². The molecule has 0 radical (unpaired) electrons. The molecule has 0 saturated carbocycles. The highest BCUT2D eigenvalue weighted by Gasteiger charge is 2.17. The quantitative estimate of drug-likeness (QED) is 0.372. The number of aliphatic hydroxyl groups excluding tert-OH is 1. The average molecular weight is 286 g/mol. The maximum Gasteiger partial charge on any atom is 0.294 e. The first-order valence-corrected chi connectivity index (χ1v) is 7.34. The van der Waals surface area contributed by atoms with Crippen molar-refractivity contribution >= 4 is 17.2 Å². The van der Waals surface area contributed by atoms with Crippen LogP contribution < -0.4 is 11.3 Å². The number of aliphatic hydroxyl groups is 1. The van der Waals surface area contributed by atoms with Crippen LogP contribution in [-0.4, -0.2) is 40.1 Å². The van der Waals surface area contributed by atoms with E-state index in [1.165, 1.54) is 11.3 Å². The summed E-state index contributed by atoms with van der Waals surface area (Å²) in [7, 11) is 0. The van der Waals surface area contributed by atoms with Crippen molar-refractivity contribution < 1.29 is 9.90 Å². The molecule has 4 N–H and O–H groups in total. The number of hydrogen-bond acceptors (Lipinski definition) is 6. The number of hydrazine groups is 1. The molecule has 1 rings (SSSR count). The zero-order valence-electron chi connectivity index (χ0n) is 11.4. The van der Waals surface area contributed by atoms with Crippen molar-refractivity contribution in [3.05, 3.63) is 16.1 Å². The minimum atomic E-state index is -0.368. The van der Waals surface area contributed by atoms with Crippen LogP contribution in [0.4, 0.5) is 0 Å². The van der Waals surface area contributed by atoms with Gasteiger partial charge in [-0.3, -0.25) is 15.1 Å². The van der Waals surface area contributed by atoms with Gasteiger partial charge in [-0.15, -0.1) is 11.3 Å². The monoisotopic (exact) mass is 286 g/mol. The molecule has 0 aromatic carbocycles. The fourth-order valence-electron chi connectivity index (χ4n) is 2.08. The van der Waals surface area contributed by atoms with Gasteiger partial charge in [-0.25, -0.2) is 10.8 Å². The Hall–Kier alpha value is -1.02. The van der Waals surface area contributed by atoms with Gasteiger partial charge in [0.1, 0.15) is 0 Å². The lowest BCUT2D eigenvalue weighted by Crippen LogP contribution is -2.36. The van der Waals surface area contributed by atoms with Crippen molar-refractivity contribution in [2.75, 3.05) is 13.2 Å². The van der Waals surface area contributed by atoms with Gasteiger partial charge in [0.05, 0.1) is 12.3 Å². The van der Waals surface area contributed by atoms with Gasteiger partial charge in [0.2, 0.25) is 0 Å². The summed E-state index contributed by atoms with van der Waals surface area (Å²) in [6.45, 7) is 5.64. The average Bonchev–Trinajstić information content (AvgIpc) is 2.88. The van der Waals surface area contributed by atoms with E-state index in [1.54, 1.807) is 0 Å². The summed E-state index contributed by atoms with van der Waals surface area (Å²) in [5.74, 6) is 4.71. The molecule has 1 amide bonds. The van der Waals surface area contributed by atoms with Gasteiger partial charge >= 0.3 is 0 Å². The molecule has 0 spiro atoms. The third-order valence-corrected chi connectivity index (χ3v) is 3.98. The molecule has 1 heterocycles. The minimum Gasteiger partial charge on any atom is -0.395 e. The van der Waals surface area contributed by atoms with Gasteiger partial charge < -0.3 is 5.11 Å². The zero-order valence-corrected chi connectivity index (χ0v) is 12.2. The molecule has 108 valence electrons. The Balaban J connectivity index is 2.73. The summed E-state index contributed by atoms with van der Waals surface area (Å²) in [5.41, 5.74) is 2.91. The molecule has 0 aliphatic rings. The number of nitrogen functional groups attached to an aromatic ring is 1. The number of carbonyl (C=O) groups is 1. The first-order chi connectivity index (χ1) is 9.15. The molecule has 19 heavy (non-hydrogen) atoms. The maximum atomic E-state index is 11.3. The second-order valence-corrected chi connectivity index (χ2v) is 5.14. The van der Waals surface area contributed by atoms with E-state index in [9.17, 15) is 4.79 Å². The maximum absolute atomic E-state index is 11.3. The third kappa shape index (κ3) is 4.54. The first-order valence-electron chi connectivity index (χ1n) is 6.46. The van der Waals surface area contributed by atoms with E-state index in [0.29, 0.717) is 24.1 Å². The lowest BCUT2D eigenvalue weighted by atomic mass is 10.1. The van der Waals surface area contributed by atoms with Crippen LogP contribution in [0.25, 0.3) is 0 Å². The summed E-state index contributed by atoms with van der Waals surface area (Å²) >= 11 is 1.28. The lowest BCUT2D eigenvalue weighted by Gasteiger charge is -2.29. The Labute approximate surface area is 117 Å². The molecule has 0 bridgehead atoms. The first kappa shape index (κ1) is 16.0. The van der Waals surface area contributed by atoms with Crippen molar-refractivity contribution in [1.82, 2.24) is 15.3 Å². The molecular weight excluding hydrogens is 264 g/mol. The standard InChI is InChI=1S/C12H22N4O2S/c1-3-10(4-2)16(5-6-17)7-9-8-19-12(14-9)11(18)15-13/h8,10,17H,3-7,13H2,1-2H3,(H,15,18). The van der Waals surface area contributed by atoms with Crippen LogP contribution >= 0.6 is 11.3 Å². The second kappa shape index (κ2) is 8.21. The highest BCUT2D eigenvalue weighted by molar-refractivity contribution is 7.11. The Bertz CT molecular complexity index is 393. The third-order valence-electron chi connectivity index (χ3n) is 3.09. The van der Waals surface area contributed by atoms with Gasteiger partial charge in [0, 0.05) is 24.5 Å². The van der Waals surface area contributed by atoms with Crippen molar-refractivity contribution in [3.63, 3.8) is 0 Å². The molecule has 0 aliphatic heterocycles. The summed E-state index contributed by atoms with van der Waals surface area (Å²) in [6, 6.07) is 0.417. The number of nitrogens with one attached hydrogen (secondary N) is 1. The zero-order chi connectivity index (χ0) is 14.3. The van der Waals surface area contributed by atoms with Crippen molar-refractivity contribution in [2.24, 2.45) is 5.84 Å². The number of hydrogen-bond donors (Lipinski definition) is 3. The number of amides is 1. The topological polar surface area (TPSA) is 91.5 Å². The smallest absolute Gasteiger partial charge is 0.294 e. The van der Waals surface area contributed by atoms with Gasteiger partial charge in [-0.05, 0) is 12.8 Å². The molecule has 0 aliphatic carbocycles. The molecule has 7 heteroatoms. The number of nitrogens with zero attached hydrogens (tertiary/aromatic N) is 2. The molecule has 0 saturated heterocycles. The predicted octanol–water partition coefficient (Wildman–Crippen LogP) is 0.730. The Morgan fingerprint density at radius 1 is 1.58 bits per heavy atom. The van der Waals surface area contributed by atoms with E-state index in [-0.39, 0.29) is 12.5 Å². The number of thiazole rings is 1. The van der Waals surface area contributed by atoms with Gasteiger partial charge in [0.25, 0.3) is 5.91 Å². The van der Waals surface area contributed by atoms with Crippen LogP contribution in [0.2, 0.25) is 0 Å². The van der Waals surface area contributed by atoms with Crippen LogP contribution in [0, 0.1) is 0 Å². The SMILES string of the molecule is CCC(CC)N(CCO)Cc1csc(C(=O)NN)n1. The summed E-state index contributed by atoms with van der Waals surface area (Å²) in [5, 5.41) is 11.4. The normalized spacial score (nSPS) is 11.3. The van der Waals surface area contributed by atoms with Crippen LogP contribution in [0.5, 0.6) is 0 Å².